The van der Waals surface area contributed by atoms with Crippen molar-refractivity contribution in [2.75, 3.05) is 19.7 Å². The van der Waals surface area contributed by atoms with Crippen LogP contribution < -0.4 is 0 Å². The van der Waals surface area contributed by atoms with E-state index in [9.17, 15) is 13.2 Å². The standard InChI is InChI=1S/C14H21NO4S2/c1-3-12-7-8-13(20-12)21(17,18)15-9-5-6-11(10-15)14(16)19-4-2/h7-8,11H,3-6,9-10H2,1-2H3. The lowest BCUT2D eigenvalue weighted by Crippen LogP contribution is -2.42. The van der Waals surface area contributed by atoms with Crippen molar-refractivity contribution in [3.63, 3.8) is 0 Å². The van der Waals surface area contributed by atoms with Gasteiger partial charge >= 0.3 is 5.97 Å². The Kier molecular flexibility index (Phi) is 5.40. The Hall–Kier alpha value is -0.920. The van der Waals surface area contributed by atoms with Crippen LogP contribution >= 0.6 is 11.3 Å². The summed E-state index contributed by atoms with van der Waals surface area (Å²) in [5.74, 6) is -0.642. The maximum Gasteiger partial charge on any atom is 0.310 e. The first kappa shape index (κ1) is 16.5. The van der Waals surface area contributed by atoms with E-state index in [0.29, 0.717) is 30.2 Å². The van der Waals surface area contributed by atoms with Crippen LogP contribution in [0.5, 0.6) is 0 Å². The van der Waals surface area contributed by atoms with Gasteiger partial charge in [-0.15, -0.1) is 11.3 Å². The Balaban J connectivity index is 2.14. The zero-order valence-corrected chi connectivity index (χ0v) is 14.0. The SMILES string of the molecule is CCOC(=O)C1CCCN(S(=O)(=O)c2ccc(CC)s2)C1. The first-order valence-electron chi connectivity index (χ1n) is 7.24. The Morgan fingerprint density at radius 2 is 2.19 bits per heavy atom. The largest absolute Gasteiger partial charge is 0.466 e. The number of sulfonamides is 1. The van der Waals surface area contributed by atoms with Crippen molar-refractivity contribution in [3.8, 4) is 0 Å². The number of hydrogen-bond acceptors (Lipinski definition) is 5. The minimum Gasteiger partial charge on any atom is -0.466 e. The van der Waals surface area contributed by atoms with E-state index < -0.39 is 10.0 Å². The van der Waals surface area contributed by atoms with Gasteiger partial charge in [-0.3, -0.25) is 4.79 Å². The van der Waals surface area contributed by atoms with Crippen LogP contribution in [0.25, 0.3) is 0 Å². The minimum absolute atomic E-state index is 0.223. The zero-order chi connectivity index (χ0) is 15.5. The molecule has 1 atom stereocenters. The molecule has 0 aliphatic carbocycles. The summed E-state index contributed by atoms with van der Waals surface area (Å²) >= 11 is 1.31. The second kappa shape index (κ2) is 6.89. The van der Waals surface area contributed by atoms with Crippen LogP contribution in [0.1, 0.15) is 31.6 Å². The van der Waals surface area contributed by atoms with Gasteiger partial charge in [-0.05, 0) is 38.3 Å². The van der Waals surface area contributed by atoms with Gasteiger partial charge in [0.15, 0.2) is 0 Å². The molecule has 2 heterocycles. The number of rotatable bonds is 5. The van der Waals surface area contributed by atoms with Gasteiger partial charge < -0.3 is 4.74 Å². The Morgan fingerprint density at radius 3 is 2.81 bits per heavy atom. The maximum atomic E-state index is 12.6. The Morgan fingerprint density at radius 1 is 1.43 bits per heavy atom. The number of aryl methyl sites for hydroxylation is 1. The first-order chi connectivity index (χ1) is 9.98. The van der Waals surface area contributed by atoms with Gasteiger partial charge in [0.2, 0.25) is 0 Å². The van der Waals surface area contributed by atoms with Gasteiger partial charge in [-0.25, -0.2) is 8.42 Å². The third-order valence-corrected chi connectivity index (χ3v) is 7.15. The maximum absolute atomic E-state index is 12.6. The van der Waals surface area contributed by atoms with Crippen LogP contribution in [-0.4, -0.2) is 38.4 Å². The van der Waals surface area contributed by atoms with Crippen LogP contribution in [-0.2, 0) is 26.0 Å². The van der Waals surface area contributed by atoms with E-state index in [-0.39, 0.29) is 18.4 Å². The van der Waals surface area contributed by atoms with Crippen LogP contribution in [0.3, 0.4) is 0 Å². The molecule has 0 N–H and O–H groups in total. The fourth-order valence-electron chi connectivity index (χ4n) is 2.43. The zero-order valence-electron chi connectivity index (χ0n) is 12.4. The van der Waals surface area contributed by atoms with E-state index >= 15 is 0 Å². The van der Waals surface area contributed by atoms with Crippen LogP contribution in [0.15, 0.2) is 16.3 Å². The van der Waals surface area contributed by atoms with Gasteiger partial charge in [0.25, 0.3) is 10.0 Å². The topological polar surface area (TPSA) is 63.7 Å². The normalized spacial score (nSPS) is 20.4. The van der Waals surface area contributed by atoms with Crippen molar-refractivity contribution < 1.29 is 17.9 Å². The molecule has 0 aromatic carbocycles. The van der Waals surface area contributed by atoms with Gasteiger partial charge in [0.05, 0.1) is 12.5 Å². The summed E-state index contributed by atoms with van der Waals surface area (Å²) < 4.78 is 32.0. The van der Waals surface area contributed by atoms with E-state index in [1.165, 1.54) is 15.6 Å². The van der Waals surface area contributed by atoms with E-state index in [1.807, 2.05) is 13.0 Å². The van der Waals surface area contributed by atoms with Crippen molar-refractivity contribution in [2.45, 2.75) is 37.3 Å². The lowest BCUT2D eigenvalue weighted by Gasteiger charge is -2.30. The van der Waals surface area contributed by atoms with E-state index in [1.54, 1.807) is 13.0 Å². The summed E-state index contributed by atoms with van der Waals surface area (Å²) in [4.78, 5) is 12.9. The highest BCUT2D eigenvalue weighted by Crippen LogP contribution is 2.29. The molecule has 1 fully saturated rings. The van der Waals surface area contributed by atoms with Crippen molar-refractivity contribution in [3.05, 3.63) is 17.0 Å². The molecule has 0 saturated carbocycles. The molecule has 0 amide bonds. The van der Waals surface area contributed by atoms with E-state index in [0.717, 1.165) is 11.3 Å². The Bertz CT molecular complexity index is 594. The number of ether oxygens (including phenoxy) is 1. The highest BCUT2D eigenvalue weighted by molar-refractivity contribution is 7.91. The van der Waals surface area contributed by atoms with Crippen molar-refractivity contribution in [2.24, 2.45) is 5.92 Å². The lowest BCUT2D eigenvalue weighted by molar-refractivity contribution is -0.149. The van der Waals surface area contributed by atoms with E-state index in [2.05, 4.69) is 0 Å². The predicted molar refractivity (Wildman–Crippen MR) is 81.8 cm³/mol. The number of thiophene rings is 1. The quantitative estimate of drug-likeness (QED) is 0.777. The van der Waals surface area contributed by atoms with Gasteiger partial charge in [-0.1, -0.05) is 6.92 Å². The molecule has 1 aromatic rings. The summed E-state index contributed by atoms with van der Waals surface area (Å²) in [6.45, 7) is 4.78. The molecule has 1 unspecified atom stereocenters. The molecule has 0 radical (unpaired) electrons. The molecule has 1 aliphatic heterocycles. The monoisotopic (exact) mass is 331 g/mol. The number of hydrogen-bond donors (Lipinski definition) is 0. The number of esters is 1. The highest BCUT2D eigenvalue weighted by atomic mass is 32.2. The molecule has 1 aromatic heterocycles. The third kappa shape index (κ3) is 3.64. The average Bonchev–Trinajstić information content (AvgIpc) is 2.97. The number of carbonyl (C=O) groups excluding carboxylic acids is 1. The van der Waals surface area contributed by atoms with Crippen molar-refractivity contribution in [1.82, 2.24) is 4.31 Å². The number of nitrogens with zero attached hydrogens (tertiary/aromatic N) is 1. The van der Waals surface area contributed by atoms with Crippen LogP contribution in [0, 0.1) is 5.92 Å². The summed E-state index contributed by atoms with van der Waals surface area (Å²) in [6, 6.07) is 3.51. The Labute approximate surface area is 130 Å². The third-order valence-electron chi connectivity index (χ3n) is 3.58. The predicted octanol–water partition coefficient (Wildman–Crippen LogP) is 2.27. The molecule has 5 nitrogen and oxygen atoms in total. The highest BCUT2D eigenvalue weighted by Gasteiger charge is 2.34. The number of carbonyl (C=O) groups is 1. The second-order valence-corrected chi connectivity index (χ2v) is 8.36. The summed E-state index contributed by atoms with van der Waals surface area (Å²) in [6.07, 6.45) is 2.20. The van der Waals surface area contributed by atoms with Crippen molar-refractivity contribution >= 4 is 27.3 Å². The molecule has 118 valence electrons. The van der Waals surface area contributed by atoms with Crippen LogP contribution in [0.2, 0.25) is 0 Å². The molecule has 0 spiro atoms. The van der Waals surface area contributed by atoms with Crippen molar-refractivity contribution in [1.29, 1.82) is 0 Å². The fourth-order valence-corrected chi connectivity index (χ4v) is 5.40. The van der Waals surface area contributed by atoms with Gasteiger partial charge in [0, 0.05) is 18.0 Å². The fraction of sp³-hybridized carbons (Fsp3) is 0.643. The van der Waals surface area contributed by atoms with Gasteiger partial charge in [0.1, 0.15) is 4.21 Å². The smallest absolute Gasteiger partial charge is 0.310 e. The van der Waals surface area contributed by atoms with Crippen LogP contribution in [0.4, 0.5) is 0 Å². The minimum atomic E-state index is -3.49. The van der Waals surface area contributed by atoms with E-state index in [4.69, 9.17) is 4.74 Å². The first-order valence-corrected chi connectivity index (χ1v) is 9.50. The molecule has 21 heavy (non-hydrogen) atoms. The summed E-state index contributed by atoms with van der Waals surface area (Å²) in [5.41, 5.74) is 0. The summed E-state index contributed by atoms with van der Waals surface area (Å²) in [5, 5.41) is 0. The molecule has 1 saturated heterocycles. The summed E-state index contributed by atoms with van der Waals surface area (Å²) in [7, 11) is -3.49. The molecule has 0 bridgehead atoms. The lowest BCUT2D eigenvalue weighted by atomic mass is 10.0. The molecule has 7 heteroatoms. The molecular formula is C14H21NO4S2. The van der Waals surface area contributed by atoms with Gasteiger partial charge in [-0.2, -0.15) is 4.31 Å². The average molecular weight is 331 g/mol. The number of piperidine rings is 1. The second-order valence-electron chi connectivity index (χ2n) is 5.03. The molecule has 2 rings (SSSR count). The molecule has 1 aliphatic rings. The molecular weight excluding hydrogens is 310 g/mol.